The Kier molecular flexibility index (Phi) is 8.44. The third kappa shape index (κ3) is 6.68. The van der Waals surface area contributed by atoms with Crippen LogP contribution in [-0.4, -0.2) is 86.3 Å². The van der Waals surface area contributed by atoms with Crippen LogP contribution in [0.2, 0.25) is 0 Å². The monoisotopic (exact) mass is 552 g/mol. The van der Waals surface area contributed by atoms with E-state index in [2.05, 4.69) is 25.6 Å². The van der Waals surface area contributed by atoms with Gasteiger partial charge in [-0.2, -0.15) is 4.72 Å². The molecule has 0 bridgehead atoms. The molecule has 34 heavy (non-hydrogen) atoms. The SMILES string of the molecule is O=C1[C@@H](NS(=O)(=O)/C=C/c2cccc(Br)c2)CCCN1CC(=O)N1CCC[C@H]1CN1CCCC1. The first-order valence-corrected chi connectivity index (χ1v) is 14.4. The van der Waals surface area contributed by atoms with E-state index in [9.17, 15) is 18.0 Å². The van der Waals surface area contributed by atoms with E-state index < -0.39 is 16.1 Å². The van der Waals surface area contributed by atoms with Crippen LogP contribution in [-0.2, 0) is 19.6 Å². The highest BCUT2D eigenvalue weighted by molar-refractivity contribution is 9.10. The number of nitrogens with one attached hydrogen (secondary N) is 1. The lowest BCUT2D eigenvalue weighted by Crippen LogP contribution is -2.55. The molecule has 10 heteroatoms. The lowest BCUT2D eigenvalue weighted by atomic mass is 10.1. The van der Waals surface area contributed by atoms with Gasteiger partial charge in [0.25, 0.3) is 0 Å². The van der Waals surface area contributed by atoms with Crippen molar-refractivity contribution in [1.82, 2.24) is 19.4 Å². The summed E-state index contributed by atoms with van der Waals surface area (Å²) >= 11 is 3.36. The summed E-state index contributed by atoms with van der Waals surface area (Å²) < 4.78 is 28.5. The molecule has 3 heterocycles. The zero-order valence-electron chi connectivity index (χ0n) is 19.4. The van der Waals surface area contributed by atoms with Crippen molar-refractivity contribution in [2.24, 2.45) is 0 Å². The van der Waals surface area contributed by atoms with Crippen LogP contribution in [0.4, 0.5) is 0 Å². The number of sulfonamides is 1. The molecule has 1 aromatic rings. The Morgan fingerprint density at radius 1 is 1.09 bits per heavy atom. The Balaban J connectivity index is 1.33. The molecule has 2 amide bonds. The van der Waals surface area contributed by atoms with Gasteiger partial charge in [0.05, 0.1) is 6.54 Å². The van der Waals surface area contributed by atoms with Crippen molar-refractivity contribution in [3.05, 3.63) is 39.7 Å². The quantitative estimate of drug-likeness (QED) is 0.534. The molecule has 0 unspecified atom stereocenters. The Bertz CT molecular complexity index is 1030. The predicted octanol–water partition coefficient (Wildman–Crippen LogP) is 2.42. The summed E-state index contributed by atoms with van der Waals surface area (Å²) in [5.74, 6) is -0.359. The maximum atomic E-state index is 13.1. The smallest absolute Gasteiger partial charge is 0.242 e. The molecule has 0 radical (unpaired) electrons. The highest BCUT2D eigenvalue weighted by Gasteiger charge is 2.36. The van der Waals surface area contributed by atoms with Crippen LogP contribution in [0.25, 0.3) is 6.08 Å². The largest absolute Gasteiger partial charge is 0.337 e. The molecular weight excluding hydrogens is 520 g/mol. The van der Waals surface area contributed by atoms with E-state index >= 15 is 0 Å². The first-order valence-electron chi connectivity index (χ1n) is 12.1. The van der Waals surface area contributed by atoms with Crippen molar-refractivity contribution in [1.29, 1.82) is 0 Å². The zero-order valence-corrected chi connectivity index (χ0v) is 21.8. The molecule has 4 rings (SSSR count). The maximum Gasteiger partial charge on any atom is 0.242 e. The summed E-state index contributed by atoms with van der Waals surface area (Å²) in [4.78, 5) is 32.0. The number of nitrogens with zero attached hydrogens (tertiary/aromatic N) is 3. The van der Waals surface area contributed by atoms with E-state index in [1.165, 1.54) is 23.8 Å². The van der Waals surface area contributed by atoms with Gasteiger partial charge in [-0.15, -0.1) is 0 Å². The van der Waals surface area contributed by atoms with Crippen molar-refractivity contribution in [3.8, 4) is 0 Å². The zero-order chi connectivity index (χ0) is 24.1. The predicted molar refractivity (Wildman–Crippen MR) is 135 cm³/mol. The Morgan fingerprint density at radius 2 is 1.85 bits per heavy atom. The van der Waals surface area contributed by atoms with Crippen LogP contribution in [0.5, 0.6) is 0 Å². The molecule has 0 saturated carbocycles. The molecule has 3 fully saturated rings. The maximum absolute atomic E-state index is 13.1. The molecule has 3 saturated heterocycles. The molecular formula is C24H33BrN4O4S. The minimum Gasteiger partial charge on any atom is -0.337 e. The van der Waals surface area contributed by atoms with Crippen LogP contribution in [0, 0.1) is 0 Å². The van der Waals surface area contributed by atoms with Gasteiger partial charge in [-0.25, -0.2) is 8.42 Å². The number of halogens is 1. The molecule has 1 N–H and O–H groups in total. The van der Waals surface area contributed by atoms with E-state index in [1.807, 2.05) is 17.0 Å². The Labute approximate surface area is 210 Å². The molecule has 2 atom stereocenters. The first kappa shape index (κ1) is 25.3. The fraction of sp³-hybridized carbons (Fsp3) is 0.583. The van der Waals surface area contributed by atoms with Crippen LogP contribution < -0.4 is 4.72 Å². The van der Waals surface area contributed by atoms with Gasteiger partial charge in [0.1, 0.15) is 6.04 Å². The molecule has 0 aromatic heterocycles. The van der Waals surface area contributed by atoms with Crippen molar-refractivity contribution >= 4 is 43.8 Å². The molecule has 3 aliphatic heterocycles. The lowest BCUT2D eigenvalue weighted by Gasteiger charge is -2.34. The van der Waals surface area contributed by atoms with E-state index in [-0.39, 0.29) is 24.4 Å². The molecule has 186 valence electrons. The van der Waals surface area contributed by atoms with E-state index in [4.69, 9.17) is 0 Å². The van der Waals surface area contributed by atoms with Crippen LogP contribution in [0.1, 0.15) is 44.1 Å². The fourth-order valence-electron chi connectivity index (χ4n) is 5.09. The number of carbonyl (C=O) groups excluding carboxylic acids is 2. The molecule has 0 aliphatic carbocycles. The standard InChI is InChI=1S/C24H33BrN4O4S/c25-20-7-3-6-19(16-20)10-15-34(32,33)26-22-9-5-13-28(24(22)31)18-23(30)29-14-4-8-21(29)17-27-11-1-2-12-27/h3,6-7,10,15-16,21-22,26H,1-2,4-5,8-9,11-14,17-18H2/b15-10+/t21-,22-/m0/s1. The average molecular weight is 554 g/mol. The van der Waals surface area contributed by atoms with Gasteiger partial charge in [0, 0.05) is 35.6 Å². The number of amides is 2. The average Bonchev–Trinajstić information content (AvgIpc) is 3.48. The summed E-state index contributed by atoms with van der Waals surface area (Å²) in [5.41, 5.74) is 0.732. The number of likely N-dealkylation sites (tertiary alicyclic amines) is 3. The minimum absolute atomic E-state index is 0.0153. The topological polar surface area (TPSA) is 90.0 Å². The van der Waals surface area contributed by atoms with E-state index in [1.54, 1.807) is 12.1 Å². The van der Waals surface area contributed by atoms with Crippen LogP contribution >= 0.6 is 15.9 Å². The number of rotatable bonds is 8. The van der Waals surface area contributed by atoms with E-state index in [0.717, 1.165) is 54.5 Å². The molecule has 1 aromatic carbocycles. The van der Waals surface area contributed by atoms with Gasteiger partial charge in [-0.1, -0.05) is 28.1 Å². The number of benzene rings is 1. The van der Waals surface area contributed by atoms with Gasteiger partial charge >= 0.3 is 0 Å². The summed E-state index contributed by atoms with van der Waals surface area (Å²) in [5, 5.41) is 1.08. The number of hydrogen-bond acceptors (Lipinski definition) is 5. The van der Waals surface area contributed by atoms with Crippen molar-refractivity contribution in [2.45, 2.75) is 50.6 Å². The van der Waals surface area contributed by atoms with Gasteiger partial charge in [-0.3, -0.25) is 9.59 Å². The van der Waals surface area contributed by atoms with Crippen LogP contribution in [0.3, 0.4) is 0 Å². The summed E-state index contributed by atoms with van der Waals surface area (Å²) in [7, 11) is -3.81. The van der Waals surface area contributed by atoms with Gasteiger partial charge in [0.2, 0.25) is 21.8 Å². The third-order valence-electron chi connectivity index (χ3n) is 6.82. The Hall–Kier alpha value is -1.75. The third-order valence-corrected chi connectivity index (χ3v) is 8.42. The number of hydrogen-bond donors (Lipinski definition) is 1. The summed E-state index contributed by atoms with van der Waals surface area (Å²) in [6.07, 6.45) is 7.01. The second kappa shape index (κ2) is 11.3. The second-order valence-electron chi connectivity index (χ2n) is 9.37. The normalized spacial score (nSPS) is 24.4. The van der Waals surface area contributed by atoms with E-state index in [0.29, 0.717) is 19.4 Å². The van der Waals surface area contributed by atoms with Crippen molar-refractivity contribution in [3.63, 3.8) is 0 Å². The summed E-state index contributed by atoms with van der Waals surface area (Å²) in [6.45, 7) is 4.33. The lowest BCUT2D eigenvalue weighted by molar-refractivity contribution is -0.143. The molecule has 3 aliphatic rings. The van der Waals surface area contributed by atoms with Gasteiger partial charge in [0.15, 0.2) is 0 Å². The number of carbonyl (C=O) groups is 2. The van der Waals surface area contributed by atoms with Crippen molar-refractivity contribution in [2.75, 3.05) is 39.3 Å². The second-order valence-corrected chi connectivity index (χ2v) is 11.9. The van der Waals surface area contributed by atoms with Crippen LogP contribution in [0.15, 0.2) is 34.1 Å². The van der Waals surface area contributed by atoms with Gasteiger partial charge < -0.3 is 14.7 Å². The minimum atomic E-state index is -3.81. The van der Waals surface area contributed by atoms with Gasteiger partial charge in [-0.05, 0) is 75.4 Å². The Morgan fingerprint density at radius 3 is 2.62 bits per heavy atom. The first-order chi connectivity index (χ1) is 16.3. The summed E-state index contributed by atoms with van der Waals surface area (Å²) in [6, 6.07) is 6.64. The fourth-order valence-corrected chi connectivity index (χ4v) is 6.54. The highest BCUT2D eigenvalue weighted by Crippen LogP contribution is 2.22. The number of piperidine rings is 1. The molecule has 0 spiro atoms. The molecule has 8 nitrogen and oxygen atoms in total. The highest BCUT2D eigenvalue weighted by atomic mass is 79.9. The van der Waals surface area contributed by atoms with Crippen molar-refractivity contribution < 1.29 is 18.0 Å².